The smallest absolute Gasteiger partial charge is 0.317 e. The predicted octanol–water partition coefficient (Wildman–Crippen LogP) is 3.99. The first kappa shape index (κ1) is 18.4. The second-order valence-electron chi connectivity index (χ2n) is 6.33. The highest BCUT2D eigenvalue weighted by atomic mass is 16.5. The third kappa shape index (κ3) is 4.13. The van der Waals surface area contributed by atoms with Crippen LogP contribution < -0.4 is 14.8 Å². The van der Waals surface area contributed by atoms with Gasteiger partial charge in [0.15, 0.2) is 0 Å². The van der Waals surface area contributed by atoms with Crippen molar-refractivity contribution < 1.29 is 14.3 Å². The Morgan fingerprint density at radius 3 is 2.67 bits per heavy atom. The van der Waals surface area contributed by atoms with Gasteiger partial charge in [-0.25, -0.2) is 4.79 Å². The molecule has 0 bridgehead atoms. The molecule has 1 fully saturated rings. The van der Waals surface area contributed by atoms with E-state index in [1.807, 2.05) is 23.1 Å². The van der Waals surface area contributed by atoms with Crippen LogP contribution in [0.2, 0.25) is 0 Å². The van der Waals surface area contributed by atoms with Crippen LogP contribution in [0.4, 0.5) is 4.79 Å². The van der Waals surface area contributed by atoms with Gasteiger partial charge in [-0.1, -0.05) is 26.7 Å². The van der Waals surface area contributed by atoms with Crippen molar-refractivity contribution in [3.63, 3.8) is 0 Å². The maximum Gasteiger partial charge on any atom is 0.317 e. The number of carbonyl (C=O) groups excluding carboxylic acids is 1. The molecular weight excluding hydrogens is 304 g/mol. The van der Waals surface area contributed by atoms with Crippen molar-refractivity contribution in [2.75, 3.05) is 27.3 Å². The fourth-order valence-corrected chi connectivity index (χ4v) is 3.34. The monoisotopic (exact) mass is 334 g/mol. The lowest BCUT2D eigenvalue weighted by Gasteiger charge is -2.27. The van der Waals surface area contributed by atoms with Crippen LogP contribution in [0, 0.1) is 5.92 Å². The summed E-state index contributed by atoms with van der Waals surface area (Å²) in [6.45, 7) is 5.87. The Bertz CT molecular complexity index is 543. The van der Waals surface area contributed by atoms with Crippen molar-refractivity contribution in [1.82, 2.24) is 10.2 Å². The van der Waals surface area contributed by atoms with Gasteiger partial charge in [0.05, 0.1) is 20.3 Å². The van der Waals surface area contributed by atoms with Crippen LogP contribution >= 0.6 is 0 Å². The maximum atomic E-state index is 12.6. The first-order valence-electron chi connectivity index (χ1n) is 8.90. The predicted molar refractivity (Wildman–Crippen MR) is 95.7 cm³/mol. The Hall–Kier alpha value is -1.91. The van der Waals surface area contributed by atoms with Gasteiger partial charge in [0.2, 0.25) is 0 Å². The van der Waals surface area contributed by atoms with Gasteiger partial charge in [0, 0.05) is 24.7 Å². The molecule has 0 aromatic heterocycles. The lowest BCUT2D eigenvalue weighted by molar-refractivity contribution is 0.190. The number of methoxy groups -OCH3 is 2. The van der Waals surface area contributed by atoms with E-state index in [9.17, 15) is 4.79 Å². The average molecular weight is 334 g/mol. The van der Waals surface area contributed by atoms with Gasteiger partial charge >= 0.3 is 6.03 Å². The van der Waals surface area contributed by atoms with Crippen LogP contribution in [-0.4, -0.2) is 38.2 Å². The number of hydrogen-bond acceptors (Lipinski definition) is 3. The Labute approximate surface area is 145 Å². The molecule has 5 nitrogen and oxygen atoms in total. The molecule has 2 rings (SSSR count). The number of benzene rings is 1. The summed E-state index contributed by atoms with van der Waals surface area (Å²) in [6.07, 6.45) is 4.15. The summed E-state index contributed by atoms with van der Waals surface area (Å²) in [4.78, 5) is 14.6. The fourth-order valence-electron chi connectivity index (χ4n) is 3.34. The van der Waals surface area contributed by atoms with Crippen molar-refractivity contribution in [3.8, 4) is 11.5 Å². The van der Waals surface area contributed by atoms with Gasteiger partial charge in [-0.3, -0.25) is 0 Å². The number of amides is 2. The molecule has 1 heterocycles. The van der Waals surface area contributed by atoms with Crippen LogP contribution in [-0.2, 0) is 0 Å². The first-order valence-corrected chi connectivity index (χ1v) is 8.90. The molecule has 1 aliphatic heterocycles. The third-order valence-corrected chi connectivity index (χ3v) is 5.01. The Morgan fingerprint density at radius 2 is 2.04 bits per heavy atom. The van der Waals surface area contributed by atoms with E-state index in [2.05, 4.69) is 19.2 Å². The quantitative estimate of drug-likeness (QED) is 0.820. The van der Waals surface area contributed by atoms with E-state index < -0.39 is 0 Å². The number of nitrogens with one attached hydrogen (secondary N) is 1. The van der Waals surface area contributed by atoms with E-state index in [1.165, 1.54) is 0 Å². The van der Waals surface area contributed by atoms with Gasteiger partial charge in [0.1, 0.15) is 11.5 Å². The number of urea groups is 1. The molecule has 1 saturated heterocycles. The van der Waals surface area contributed by atoms with Crippen LogP contribution in [0.5, 0.6) is 11.5 Å². The van der Waals surface area contributed by atoms with Crippen molar-refractivity contribution in [2.24, 2.45) is 5.92 Å². The Kier molecular flexibility index (Phi) is 6.76. The molecule has 0 radical (unpaired) electrons. The summed E-state index contributed by atoms with van der Waals surface area (Å²) < 4.78 is 10.8. The topological polar surface area (TPSA) is 50.8 Å². The summed E-state index contributed by atoms with van der Waals surface area (Å²) >= 11 is 0. The fraction of sp³-hybridized carbons (Fsp3) is 0.632. The van der Waals surface area contributed by atoms with E-state index in [0.717, 1.165) is 55.8 Å². The van der Waals surface area contributed by atoms with E-state index in [-0.39, 0.29) is 12.1 Å². The molecule has 0 aliphatic carbocycles. The SMILES string of the molecule is CCC(CC)CNC(=O)N1CCCC1c1ccc(OC)cc1OC. The average Bonchev–Trinajstić information content (AvgIpc) is 3.11. The van der Waals surface area contributed by atoms with E-state index in [0.29, 0.717) is 5.92 Å². The zero-order valence-corrected chi connectivity index (χ0v) is 15.3. The summed E-state index contributed by atoms with van der Waals surface area (Å²) in [6, 6.07) is 5.91. The van der Waals surface area contributed by atoms with Gasteiger partial charge in [0.25, 0.3) is 0 Å². The zero-order valence-electron chi connectivity index (χ0n) is 15.3. The third-order valence-electron chi connectivity index (χ3n) is 5.01. The summed E-state index contributed by atoms with van der Waals surface area (Å²) in [5.74, 6) is 2.09. The highest BCUT2D eigenvalue weighted by Gasteiger charge is 2.32. The van der Waals surface area contributed by atoms with E-state index in [1.54, 1.807) is 14.2 Å². The number of nitrogens with zero attached hydrogens (tertiary/aromatic N) is 1. The molecule has 134 valence electrons. The molecule has 1 atom stereocenters. The van der Waals surface area contributed by atoms with Gasteiger partial charge in [-0.05, 0) is 30.9 Å². The molecule has 24 heavy (non-hydrogen) atoms. The largest absolute Gasteiger partial charge is 0.497 e. The summed E-state index contributed by atoms with van der Waals surface area (Å²) in [7, 11) is 3.30. The van der Waals surface area contributed by atoms with Crippen LogP contribution in [0.3, 0.4) is 0 Å². The Balaban J connectivity index is 2.11. The standard InChI is InChI=1S/C19H30N2O3/c1-5-14(6-2)13-20-19(22)21-11-7-8-17(21)16-10-9-15(23-3)12-18(16)24-4/h9-10,12,14,17H,5-8,11,13H2,1-4H3,(H,20,22). The normalized spacial score (nSPS) is 17.2. The van der Waals surface area contributed by atoms with Crippen LogP contribution in [0.1, 0.15) is 51.1 Å². The van der Waals surface area contributed by atoms with Gasteiger partial charge in [-0.15, -0.1) is 0 Å². The molecule has 1 aromatic carbocycles. The van der Waals surface area contributed by atoms with E-state index >= 15 is 0 Å². The van der Waals surface area contributed by atoms with Crippen molar-refractivity contribution in [2.45, 2.75) is 45.6 Å². The summed E-state index contributed by atoms with van der Waals surface area (Å²) in [5.41, 5.74) is 1.05. The number of ether oxygens (including phenoxy) is 2. The highest BCUT2D eigenvalue weighted by molar-refractivity contribution is 5.75. The number of carbonyl (C=O) groups is 1. The molecule has 1 aromatic rings. The zero-order chi connectivity index (χ0) is 17.5. The molecule has 2 amide bonds. The molecule has 1 aliphatic rings. The summed E-state index contributed by atoms with van der Waals surface area (Å²) in [5, 5.41) is 3.11. The van der Waals surface area contributed by atoms with Gasteiger partial charge in [-0.2, -0.15) is 0 Å². The minimum atomic E-state index is 0.0299. The minimum absolute atomic E-state index is 0.0299. The second kappa shape index (κ2) is 8.81. The van der Waals surface area contributed by atoms with Crippen LogP contribution in [0.25, 0.3) is 0 Å². The lowest BCUT2D eigenvalue weighted by Crippen LogP contribution is -2.41. The minimum Gasteiger partial charge on any atom is -0.497 e. The Morgan fingerprint density at radius 1 is 1.29 bits per heavy atom. The first-order chi connectivity index (χ1) is 11.6. The van der Waals surface area contributed by atoms with Gasteiger partial charge < -0.3 is 19.7 Å². The number of likely N-dealkylation sites (tertiary alicyclic amines) is 1. The lowest BCUT2D eigenvalue weighted by atomic mass is 10.0. The number of rotatable bonds is 7. The molecule has 1 N–H and O–H groups in total. The molecule has 1 unspecified atom stereocenters. The second-order valence-corrected chi connectivity index (χ2v) is 6.33. The highest BCUT2D eigenvalue weighted by Crippen LogP contribution is 2.38. The molecule has 0 spiro atoms. The number of hydrogen-bond donors (Lipinski definition) is 1. The van der Waals surface area contributed by atoms with Crippen molar-refractivity contribution in [3.05, 3.63) is 23.8 Å². The molecule has 0 saturated carbocycles. The molecule has 5 heteroatoms. The van der Waals surface area contributed by atoms with E-state index in [4.69, 9.17) is 9.47 Å². The van der Waals surface area contributed by atoms with Crippen molar-refractivity contribution >= 4 is 6.03 Å². The molecular formula is C19H30N2O3. The maximum absolute atomic E-state index is 12.6. The van der Waals surface area contributed by atoms with Crippen LogP contribution in [0.15, 0.2) is 18.2 Å². The van der Waals surface area contributed by atoms with Crippen molar-refractivity contribution in [1.29, 1.82) is 0 Å².